The minimum absolute atomic E-state index is 0.567. The molecular formula is C34H36O4. The van der Waals surface area contributed by atoms with Gasteiger partial charge in [0, 0.05) is 0 Å². The van der Waals surface area contributed by atoms with E-state index < -0.39 is 24.4 Å². The van der Waals surface area contributed by atoms with Crippen LogP contribution >= 0.6 is 0 Å². The molecule has 0 amide bonds. The van der Waals surface area contributed by atoms with Gasteiger partial charge in [0.15, 0.2) is 0 Å². The van der Waals surface area contributed by atoms with E-state index in [1.807, 2.05) is 97.1 Å². The summed E-state index contributed by atoms with van der Waals surface area (Å²) >= 11 is 0. The molecule has 196 valence electrons. The Morgan fingerprint density at radius 2 is 0.500 bits per heavy atom. The normalized spacial score (nSPS) is 14.4. The molecule has 0 fully saturated rings. The fraction of sp³-hybridized carbons (Fsp3) is 0.235. The number of aliphatic hydroxyl groups excluding tert-OH is 4. The van der Waals surface area contributed by atoms with Crippen molar-refractivity contribution in [3.05, 3.63) is 142 Å². The maximum absolute atomic E-state index is 10.1. The van der Waals surface area contributed by atoms with E-state index in [4.69, 9.17) is 0 Å². The number of hydrogen-bond acceptors (Lipinski definition) is 4. The van der Waals surface area contributed by atoms with E-state index >= 15 is 0 Å². The van der Waals surface area contributed by atoms with E-state index in [9.17, 15) is 20.4 Å². The fourth-order valence-corrected chi connectivity index (χ4v) is 4.62. The minimum Gasteiger partial charge on any atom is -0.389 e. The second kappa shape index (κ2) is 11.9. The lowest BCUT2D eigenvalue weighted by Crippen LogP contribution is -2.01. The Morgan fingerprint density at radius 1 is 0.342 bits per heavy atom. The SMILES string of the molecule is CC(O)c1ccc(C(=C(c2ccc(C(C)O)cc2)c2ccc(C(C)O)cc2)c2ccc(C(C)O)cc2)cc1. The van der Waals surface area contributed by atoms with Gasteiger partial charge in [-0.15, -0.1) is 0 Å². The average Bonchev–Trinajstić information content (AvgIpc) is 2.92. The quantitative estimate of drug-likeness (QED) is 0.195. The summed E-state index contributed by atoms with van der Waals surface area (Å²) in [4.78, 5) is 0. The van der Waals surface area contributed by atoms with Gasteiger partial charge in [-0.3, -0.25) is 0 Å². The molecule has 0 aliphatic rings. The monoisotopic (exact) mass is 508 g/mol. The van der Waals surface area contributed by atoms with Crippen LogP contribution in [0.15, 0.2) is 97.1 Å². The number of aliphatic hydroxyl groups is 4. The predicted molar refractivity (Wildman–Crippen MR) is 153 cm³/mol. The third-order valence-electron chi connectivity index (χ3n) is 6.98. The van der Waals surface area contributed by atoms with Crippen molar-refractivity contribution in [1.82, 2.24) is 0 Å². The van der Waals surface area contributed by atoms with E-state index in [0.29, 0.717) is 0 Å². The predicted octanol–water partition coefficient (Wildman–Crippen LogP) is 6.91. The zero-order chi connectivity index (χ0) is 27.4. The van der Waals surface area contributed by atoms with Crippen molar-refractivity contribution < 1.29 is 20.4 Å². The van der Waals surface area contributed by atoms with Crippen molar-refractivity contribution in [2.24, 2.45) is 0 Å². The molecule has 4 aromatic carbocycles. The lowest BCUT2D eigenvalue weighted by atomic mass is 9.84. The lowest BCUT2D eigenvalue weighted by molar-refractivity contribution is 0.199. The van der Waals surface area contributed by atoms with Crippen molar-refractivity contribution in [1.29, 1.82) is 0 Å². The molecule has 4 unspecified atom stereocenters. The first-order chi connectivity index (χ1) is 18.2. The van der Waals surface area contributed by atoms with Crippen LogP contribution in [0.1, 0.15) is 96.6 Å². The van der Waals surface area contributed by atoms with Crippen molar-refractivity contribution in [2.75, 3.05) is 0 Å². The molecule has 0 aromatic heterocycles. The summed E-state index contributed by atoms with van der Waals surface area (Å²) in [6.45, 7) is 7.00. The molecule has 4 nitrogen and oxygen atoms in total. The van der Waals surface area contributed by atoms with Crippen LogP contribution in [0.3, 0.4) is 0 Å². The molecule has 4 aromatic rings. The van der Waals surface area contributed by atoms with Crippen LogP contribution in [-0.2, 0) is 0 Å². The van der Waals surface area contributed by atoms with Gasteiger partial charge < -0.3 is 20.4 Å². The van der Waals surface area contributed by atoms with Gasteiger partial charge in [-0.25, -0.2) is 0 Å². The second-order valence-corrected chi connectivity index (χ2v) is 9.94. The Hall–Kier alpha value is -3.54. The maximum atomic E-state index is 10.1. The van der Waals surface area contributed by atoms with Crippen molar-refractivity contribution in [3.8, 4) is 0 Å². The lowest BCUT2D eigenvalue weighted by Gasteiger charge is -2.20. The first kappa shape index (κ1) is 27.5. The van der Waals surface area contributed by atoms with Crippen molar-refractivity contribution in [3.63, 3.8) is 0 Å². The molecule has 38 heavy (non-hydrogen) atoms. The number of rotatable bonds is 8. The summed E-state index contributed by atoms with van der Waals surface area (Å²) in [7, 11) is 0. The molecule has 0 bridgehead atoms. The van der Waals surface area contributed by atoms with Crippen LogP contribution in [0.4, 0.5) is 0 Å². The van der Waals surface area contributed by atoms with Crippen molar-refractivity contribution in [2.45, 2.75) is 52.1 Å². The zero-order valence-corrected chi connectivity index (χ0v) is 22.3. The van der Waals surface area contributed by atoms with Gasteiger partial charge in [0.1, 0.15) is 0 Å². The first-order valence-electron chi connectivity index (χ1n) is 13.0. The standard InChI is InChI=1S/C34H36O4/c1-21(35)25-5-13-29(14-6-25)33(30-15-7-26(8-16-30)22(2)36)34(31-17-9-27(10-18-31)23(3)37)32-19-11-28(12-20-32)24(4)38/h5-24,35-38H,1-4H3. The summed E-state index contributed by atoms with van der Waals surface area (Å²) in [6.07, 6.45) is -2.27. The molecule has 0 spiro atoms. The Morgan fingerprint density at radius 3 is 0.632 bits per heavy atom. The Kier molecular flexibility index (Phi) is 8.60. The highest BCUT2D eigenvalue weighted by Crippen LogP contribution is 2.38. The van der Waals surface area contributed by atoms with Crippen LogP contribution in [0.5, 0.6) is 0 Å². The average molecular weight is 509 g/mol. The largest absolute Gasteiger partial charge is 0.389 e. The van der Waals surface area contributed by atoms with Gasteiger partial charge in [0.2, 0.25) is 0 Å². The van der Waals surface area contributed by atoms with E-state index in [1.165, 1.54) is 0 Å². The van der Waals surface area contributed by atoms with Crippen molar-refractivity contribution >= 4 is 11.1 Å². The molecule has 4 rings (SSSR count). The van der Waals surface area contributed by atoms with Crippen LogP contribution in [0.25, 0.3) is 11.1 Å². The topological polar surface area (TPSA) is 80.9 Å². The van der Waals surface area contributed by atoms with E-state index in [-0.39, 0.29) is 0 Å². The van der Waals surface area contributed by atoms with E-state index in [1.54, 1.807) is 27.7 Å². The van der Waals surface area contributed by atoms with Crippen LogP contribution < -0.4 is 0 Å². The molecule has 0 aliphatic heterocycles. The molecule has 0 aliphatic carbocycles. The van der Waals surface area contributed by atoms with Crippen LogP contribution in [0.2, 0.25) is 0 Å². The highest BCUT2D eigenvalue weighted by molar-refractivity contribution is 6.04. The Bertz CT molecular complexity index is 1140. The number of hydrogen-bond donors (Lipinski definition) is 4. The molecule has 4 N–H and O–H groups in total. The third-order valence-corrected chi connectivity index (χ3v) is 6.98. The highest BCUT2D eigenvalue weighted by atomic mass is 16.3. The summed E-state index contributed by atoms with van der Waals surface area (Å²) < 4.78 is 0. The first-order valence-corrected chi connectivity index (χ1v) is 13.0. The van der Waals surface area contributed by atoms with Gasteiger partial charge in [-0.1, -0.05) is 97.1 Å². The van der Waals surface area contributed by atoms with E-state index in [2.05, 4.69) is 0 Å². The number of benzene rings is 4. The minimum atomic E-state index is -0.567. The molecule has 0 saturated heterocycles. The van der Waals surface area contributed by atoms with E-state index in [0.717, 1.165) is 55.7 Å². The van der Waals surface area contributed by atoms with Crippen LogP contribution in [0, 0.1) is 0 Å². The summed E-state index contributed by atoms with van der Waals surface area (Å²) in [5.74, 6) is 0. The third kappa shape index (κ3) is 6.12. The molecule has 0 radical (unpaired) electrons. The molecule has 0 saturated carbocycles. The van der Waals surface area contributed by atoms with Gasteiger partial charge in [0.25, 0.3) is 0 Å². The van der Waals surface area contributed by atoms with Gasteiger partial charge in [-0.2, -0.15) is 0 Å². The van der Waals surface area contributed by atoms with Gasteiger partial charge in [0.05, 0.1) is 24.4 Å². The summed E-state index contributed by atoms with van der Waals surface area (Å²) in [5.41, 5.74) is 9.25. The van der Waals surface area contributed by atoms with Gasteiger partial charge in [-0.05, 0) is 83.3 Å². The Labute approximate surface area is 225 Å². The summed E-state index contributed by atoms with van der Waals surface area (Å²) in [6, 6.07) is 31.7. The second-order valence-electron chi connectivity index (χ2n) is 9.94. The summed E-state index contributed by atoms with van der Waals surface area (Å²) in [5, 5.41) is 40.3. The Balaban J connectivity index is 2.03. The van der Waals surface area contributed by atoms with Crippen LogP contribution in [-0.4, -0.2) is 20.4 Å². The fourth-order valence-electron chi connectivity index (χ4n) is 4.62. The molecule has 0 heterocycles. The smallest absolute Gasteiger partial charge is 0.0761 e. The molecule has 4 heteroatoms. The molecular weight excluding hydrogens is 472 g/mol. The zero-order valence-electron chi connectivity index (χ0n) is 22.3. The maximum Gasteiger partial charge on any atom is 0.0761 e. The molecule has 4 atom stereocenters. The van der Waals surface area contributed by atoms with Gasteiger partial charge >= 0.3 is 0 Å². The highest BCUT2D eigenvalue weighted by Gasteiger charge is 2.18.